The minimum Gasteiger partial charge on any atom is -0.481 e. The molecule has 88 valence electrons. The topological polar surface area (TPSA) is 74.7 Å². The van der Waals surface area contributed by atoms with Crippen molar-refractivity contribution in [3.63, 3.8) is 0 Å². The monoisotopic (exact) mass is 235 g/mol. The average Bonchev–Trinajstić information content (AvgIpc) is 2.13. The number of rotatable bonds is 6. The highest BCUT2D eigenvalue weighted by Crippen LogP contribution is 2.00. The summed E-state index contributed by atoms with van der Waals surface area (Å²) < 4.78 is 11.4. The first kappa shape index (κ1) is 14.1. The van der Waals surface area contributed by atoms with E-state index in [-0.39, 0.29) is 23.8 Å². The molecule has 0 fully saturated rings. The molecule has 5 nitrogen and oxygen atoms in total. The second-order valence-electron chi connectivity index (χ2n) is 3.59. The molecule has 2 unspecified atom stereocenters. The number of nitrogens with zero attached hydrogens (tertiary/aromatic N) is 1. The van der Waals surface area contributed by atoms with Crippen LogP contribution in [0.25, 0.3) is 0 Å². The van der Waals surface area contributed by atoms with E-state index < -0.39 is 22.7 Å². The van der Waals surface area contributed by atoms with Gasteiger partial charge >= 0.3 is 5.97 Å². The van der Waals surface area contributed by atoms with Gasteiger partial charge < -0.3 is 10.0 Å². The fourth-order valence-corrected chi connectivity index (χ4v) is 2.13. The van der Waals surface area contributed by atoms with Crippen LogP contribution in [0.3, 0.4) is 0 Å². The van der Waals surface area contributed by atoms with Crippen LogP contribution in [-0.2, 0) is 20.4 Å². The number of carboxylic acids is 1. The first-order valence-electron chi connectivity index (χ1n) is 4.62. The predicted octanol–water partition coefficient (Wildman–Crippen LogP) is -0.0659. The Hall–Kier alpha value is -0.910. The van der Waals surface area contributed by atoms with E-state index in [9.17, 15) is 13.8 Å². The van der Waals surface area contributed by atoms with Gasteiger partial charge in [-0.25, -0.2) is 0 Å². The molecule has 15 heavy (non-hydrogen) atoms. The van der Waals surface area contributed by atoms with Crippen molar-refractivity contribution in [1.82, 2.24) is 4.90 Å². The first-order valence-corrected chi connectivity index (χ1v) is 6.11. The lowest BCUT2D eigenvalue weighted by Gasteiger charge is -2.10. The van der Waals surface area contributed by atoms with E-state index in [2.05, 4.69) is 0 Å². The normalized spacial score (nSPS) is 14.3. The Morgan fingerprint density at radius 2 is 1.93 bits per heavy atom. The number of amides is 1. The van der Waals surface area contributed by atoms with Gasteiger partial charge in [-0.3, -0.25) is 13.8 Å². The quantitative estimate of drug-likeness (QED) is 0.699. The molecular formula is C9H17NO4S. The Morgan fingerprint density at radius 3 is 2.33 bits per heavy atom. The molecule has 0 aromatic heterocycles. The van der Waals surface area contributed by atoms with Crippen LogP contribution in [0.5, 0.6) is 0 Å². The first-order chi connectivity index (χ1) is 6.84. The number of carboxylic acid groups (broad SMARTS) is 1. The van der Waals surface area contributed by atoms with Gasteiger partial charge in [-0.05, 0) is 0 Å². The molecule has 1 N–H and O–H groups in total. The van der Waals surface area contributed by atoms with Gasteiger partial charge in [0, 0.05) is 42.8 Å². The molecule has 0 aliphatic heterocycles. The molecule has 0 aromatic rings. The molecule has 0 bridgehead atoms. The number of carbonyl (C=O) groups excluding carboxylic acids is 1. The van der Waals surface area contributed by atoms with Crippen molar-refractivity contribution in [3.05, 3.63) is 0 Å². The summed E-state index contributed by atoms with van der Waals surface area (Å²) in [5.74, 6) is -1.33. The molecule has 0 aromatic carbocycles. The average molecular weight is 235 g/mol. The van der Waals surface area contributed by atoms with E-state index in [1.54, 1.807) is 14.1 Å². The Morgan fingerprint density at radius 1 is 1.40 bits per heavy atom. The van der Waals surface area contributed by atoms with Crippen LogP contribution in [0, 0.1) is 5.92 Å². The summed E-state index contributed by atoms with van der Waals surface area (Å²) in [4.78, 5) is 23.0. The van der Waals surface area contributed by atoms with Crippen molar-refractivity contribution < 1.29 is 18.9 Å². The smallest absolute Gasteiger partial charge is 0.307 e. The second kappa shape index (κ2) is 6.55. The molecule has 0 rings (SSSR count). The van der Waals surface area contributed by atoms with Gasteiger partial charge in [0.05, 0.1) is 5.92 Å². The molecule has 0 saturated heterocycles. The number of hydrogen-bond donors (Lipinski definition) is 1. The Bertz CT molecular complexity index is 265. The van der Waals surface area contributed by atoms with Crippen molar-refractivity contribution >= 4 is 22.7 Å². The van der Waals surface area contributed by atoms with E-state index in [1.807, 2.05) is 0 Å². The summed E-state index contributed by atoms with van der Waals surface area (Å²) in [6.07, 6.45) is 0.200. The van der Waals surface area contributed by atoms with Crippen LogP contribution >= 0.6 is 0 Å². The van der Waals surface area contributed by atoms with E-state index in [0.29, 0.717) is 0 Å². The van der Waals surface area contributed by atoms with Crippen LogP contribution in [0.4, 0.5) is 0 Å². The lowest BCUT2D eigenvalue weighted by Crippen LogP contribution is -2.25. The number of aliphatic carboxylic acids is 1. The lowest BCUT2D eigenvalue weighted by atomic mass is 10.2. The third-order valence-corrected chi connectivity index (χ3v) is 3.43. The van der Waals surface area contributed by atoms with E-state index >= 15 is 0 Å². The van der Waals surface area contributed by atoms with Gasteiger partial charge in [0.15, 0.2) is 0 Å². The third-order valence-electron chi connectivity index (χ3n) is 1.90. The highest BCUT2D eigenvalue weighted by atomic mass is 32.2. The van der Waals surface area contributed by atoms with Crippen LogP contribution in [0.2, 0.25) is 0 Å². The SMILES string of the molecule is CC(CS(=O)CCC(=O)N(C)C)C(=O)O. The molecule has 6 heteroatoms. The highest BCUT2D eigenvalue weighted by molar-refractivity contribution is 7.85. The summed E-state index contributed by atoms with van der Waals surface area (Å²) in [5, 5.41) is 8.59. The molecule has 0 heterocycles. The van der Waals surface area contributed by atoms with Crippen molar-refractivity contribution in [1.29, 1.82) is 0 Å². The maximum atomic E-state index is 11.4. The molecule has 0 aliphatic carbocycles. The van der Waals surface area contributed by atoms with Crippen molar-refractivity contribution in [2.24, 2.45) is 5.92 Å². The molecule has 0 aliphatic rings. The largest absolute Gasteiger partial charge is 0.481 e. The minimum atomic E-state index is -1.24. The van der Waals surface area contributed by atoms with Crippen molar-refractivity contribution in [2.75, 3.05) is 25.6 Å². The Labute approximate surface area is 91.9 Å². The summed E-state index contributed by atoms with van der Waals surface area (Å²) in [6.45, 7) is 1.51. The zero-order valence-electron chi connectivity index (χ0n) is 9.23. The Balaban J connectivity index is 3.86. The number of carbonyl (C=O) groups is 2. The molecular weight excluding hydrogens is 218 g/mol. The molecule has 1 amide bonds. The maximum Gasteiger partial charge on any atom is 0.307 e. The minimum absolute atomic E-state index is 0.0914. The summed E-state index contributed by atoms with van der Waals surface area (Å²) in [7, 11) is 2.02. The van der Waals surface area contributed by atoms with Gasteiger partial charge in [0.2, 0.25) is 5.91 Å². The lowest BCUT2D eigenvalue weighted by molar-refractivity contribution is -0.140. The fourth-order valence-electron chi connectivity index (χ4n) is 0.858. The summed E-state index contributed by atoms with van der Waals surface area (Å²) in [6, 6.07) is 0. The molecule has 0 spiro atoms. The van der Waals surface area contributed by atoms with E-state index in [4.69, 9.17) is 5.11 Å². The maximum absolute atomic E-state index is 11.4. The van der Waals surface area contributed by atoms with Gasteiger partial charge in [0.1, 0.15) is 0 Å². The van der Waals surface area contributed by atoms with Gasteiger partial charge in [0.25, 0.3) is 0 Å². The molecule has 0 saturated carbocycles. The Kier molecular flexibility index (Phi) is 6.15. The highest BCUT2D eigenvalue weighted by Gasteiger charge is 2.15. The van der Waals surface area contributed by atoms with Crippen LogP contribution in [-0.4, -0.2) is 51.7 Å². The second-order valence-corrected chi connectivity index (χ2v) is 5.21. The zero-order chi connectivity index (χ0) is 12.0. The van der Waals surface area contributed by atoms with Crippen molar-refractivity contribution in [2.45, 2.75) is 13.3 Å². The summed E-state index contributed by atoms with van der Waals surface area (Å²) >= 11 is 0. The van der Waals surface area contributed by atoms with Gasteiger partial charge in [-0.15, -0.1) is 0 Å². The van der Waals surface area contributed by atoms with Crippen molar-refractivity contribution in [3.8, 4) is 0 Å². The van der Waals surface area contributed by atoms with E-state index in [1.165, 1.54) is 11.8 Å². The third kappa shape index (κ3) is 6.22. The van der Waals surface area contributed by atoms with E-state index in [0.717, 1.165) is 0 Å². The van der Waals surface area contributed by atoms with Gasteiger partial charge in [-0.2, -0.15) is 0 Å². The predicted molar refractivity (Wildman–Crippen MR) is 58.0 cm³/mol. The molecule has 2 atom stereocenters. The fraction of sp³-hybridized carbons (Fsp3) is 0.778. The van der Waals surface area contributed by atoms with Gasteiger partial charge in [-0.1, -0.05) is 6.92 Å². The van der Waals surface area contributed by atoms with Crippen LogP contribution in [0.1, 0.15) is 13.3 Å². The standard InChI is InChI=1S/C9H17NO4S/c1-7(9(12)13)6-15(14)5-4-8(11)10(2)3/h7H,4-6H2,1-3H3,(H,12,13). The number of hydrogen-bond acceptors (Lipinski definition) is 3. The molecule has 0 radical (unpaired) electrons. The zero-order valence-corrected chi connectivity index (χ0v) is 10.0. The van der Waals surface area contributed by atoms with Crippen LogP contribution in [0.15, 0.2) is 0 Å². The summed E-state index contributed by atoms with van der Waals surface area (Å²) in [5.41, 5.74) is 0. The van der Waals surface area contributed by atoms with Crippen LogP contribution < -0.4 is 0 Å².